The molecule has 4 aromatic rings. The molecule has 0 amide bonds. The van der Waals surface area contributed by atoms with E-state index in [0.717, 1.165) is 11.1 Å². The van der Waals surface area contributed by atoms with Crippen LogP contribution in [0.25, 0.3) is 22.1 Å². The van der Waals surface area contributed by atoms with E-state index in [1.165, 1.54) is 18.4 Å². The van der Waals surface area contributed by atoms with E-state index in [4.69, 9.17) is 18.6 Å². The third-order valence-corrected chi connectivity index (χ3v) is 5.80. The van der Waals surface area contributed by atoms with Crippen LogP contribution >= 0.6 is 0 Å². The van der Waals surface area contributed by atoms with E-state index in [1.807, 2.05) is 6.07 Å². The molecular formula is C26H22FNO5. The summed E-state index contributed by atoms with van der Waals surface area (Å²) in [5.41, 5.74) is 3.27. The molecule has 0 N–H and O–H groups in total. The van der Waals surface area contributed by atoms with Gasteiger partial charge in [0.05, 0.1) is 30.7 Å². The molecule has 33 heavy (non-hydrogen) atoms. The largest absolute Gasteiger partial charge is 0.493 e. The van der Waals surface area contributed by atoms with Crippen LogP contribution in [0.5, 0.6) is 17.2 Å². The van der Waals surface area contributed by atoms with Gasteiger partial charge in [0, 0.05) is 13.1 Å². The average Bonchev–Trinajstić information content (AvgIpc) is 2.85. The summed E-state index contributed by atoms with van der Waals surface area (Å²) in [4.78, 5) is 15.4. The van der Waals surface area contributed by atoms with E-state index in [9.17, 15) is 9.18 Å². The number of rotatable bonds is 5. The Kier molecular flexibility index (Phi) is 5.48. The Hall–Kier alpha value is -3.84. The number of hydrogen-bond acceptors (Lipinski definition) is 6. The first kappa shape index (κ1) is 21.0. The first-order valence-electron chi connectivity index (χ1n) is 10.5. The van der Waals surface area contributed by atoms with Crippen molar-refractivity contribution in [2.24, 2.45) is 0 Å². The van der Waals surface area contributed by atoms with Gasteiger partial charge in [-0.3, -0.25) is 9.69 Å². The Balaban J connectivity index is 1.50. The van der Waals surface area contributed by atoms with Crippen molar-refractivity contribution >= 4 is 11.0 Å². The summed E-state index contributed by atoms with van der Waals surface area (Å²) in [7, 11) is 3.11. The van der Waals surface area contributed by atoms with Gasteiger partial charge in [0.25, 0.3) is 0 Å². The maximum Gasteiger partial charge on any atom is 0.200 e. The maximum atomic E-state index is 13.4. The number of hydrogen-bond donors (Lipinski definition) is 0. The van der Waals surface area contributed by atoms with Gasteiger partial charge < -0.3 is 18.6 Å². The van der Waals surface area contributed by atoms with Crippen LogP contribution in [-0.2, 0) is 13.1 Å². The Labute approximate surface area is 189 Å². The van der Waals surface area contributed by atoms with Gasteiger partial charge in [0.1, 0.15) is 30.1 Å². The SMILES string of the molecule is COc1ccc(-c2coc3c4c(ccc3c2=O)OCN(Cc2ccc(F)cc2)C4)cc1OC. The number of nitrogens with zero attached hydrogens (tertiary/aromatic N) is 1. The minimum absolute atomic E-state index is 0.137. The molecule has 6 nitrogen and oxygen atoms in total. The molecule has 0 spiro atoms. The van der Waals surface area contributed by atoms with Crippen molar-refractivity contribution in [3.63, 3.8) is 0 Å². The second-order valence-electron chi connectivity index (χ2n) is 7.85. The van der Waals surface area contributed by atoms with Gasteiger partial charge >= 0.3 is 0 Å². The standard InChI is InChI=1S/C26H22FNO5/c1-30-23-9-5-17(11-24(23)31-2)21-14-32-26-19(25(21)29)8-10-22-20(26)13-28(15-33-22)12-16-3-6-18(27)7-4-16/h3-11,14H,12-13,15H2,1-2H3. The summed E-state index contributed by atoms with van der Waals surface area (Å²) in [6.45, 7) is 1.52. The molecule has 0 saturated carbocycles. The molecule has 0 saturated heterocycles. The zero-order valence-corrected chi connectivity index (χ0v) is 18.3. The van der Waals surface area contributed by atoms with Crippen LogP contribution in [-0.4, -0.2) is 25.9 Å². The van der Waals surface area contributed by atoms with Crippen molar-refractivity contribution in [2.45, 2.75) is 13.1 Å². The van der Waals surface area contributed by atoms with Crippen molar-refractivity contribution in [1.82, 2.24) is 4.90 Å². The highest BCUT2D eigenvalue weighted by molar-refractivity contribution is 5.86. The third kappa shape index (κ3) is 3.91. The summed E-state index contributed by atoms with van der Waals surface area (Å²) in [5.74, 6) is 1.54. The van der Waals surface area contributed by atoms with Gasteiger partial charge in [-0.25, -0.2) is 4.39 Å². The van der Waals surface area contributed by atoms with E-state index in [0.29, 0.717) is 59.2 Å². The topological polar surface area (TPSA) is 61.1 Å². The number of benzene rings is 3. The van der Waals surface area contributed by atoms with Crippen molar-refractivity contribution < 1.29 is 23.0 Å². The van der Waals surface area contributed by atoms with Crippen molar-refractivity contribution in [3.8, 4) is 28.4 Å². The molecule has 0 atom stereocenters. The molecule has 0 unspecified atom stereocenters. The molecule has 0 radical (unpaired) electrons. The molecule has 168 valence electrons. The van der Waals surface area contributed by atoms with E-state index in [1.54, 1.807) is 50.6 Å². The van der Waals surface area contributed by atoms with Crippen LogP contribution in [0.15, 0.2) is 70.1 Å². The van der Waals surface area contributed by atoms with E-state index < -0.39 is 0 Å². The van der Waals surface area contributed by atoms with Crippen LogP contribution in [0.4, 0.5) is 4.39 Å². The fraction of sp³-hybridized carbons (Fsp3) is 0.192. The minimum atomic E-state index is -0.267. The molecule has 1 aliphatic heterocycles. The number of halogens is 1. The smallest absolute Gasteiger partial charge is 0.200 e. The predicted molar refractivity (Wildman–Crippen MR) is 122 cm³/mol. The van der Waals surface area contributed by atoms with Crippen molar-refractivity contribution in [2.75, 3.05) is 21.0 Å². The molecule has 0 aliphatic carbocycles. The molecular weight excluding hydrogens is 425 g/mol. The average molecular weight is 447 g/mol. The van der Waals surface area contributed by atoms with Gasteiger partial charge in [0.15, 0.2) is 11.5 Å². The van der Waals surface area contributed by atoms with Crippen molar-refractivity contribution in [3.05, 3.63) is 88.0 Å². The van der Waals surface area contributed by atoms with Crippen LogP contribution in [0.1, 0.15) is 11.1 Å². The van der Waals surface area contributed by atoms with E-state index in [-0.39, 0.29) is 11.2 Å². The van der Waals surface area contributed by atoms with Gasteiger partial charge in [-0.1, -0.05) is 18.2 Å². The van der Waals surface area contributed by atoms with Gasteiger partial charge in [0.2, 0.25) is 5.43 Å². The summed E-state index contributed by atoms with van der Waals surface area (Å²) in [6.07, 6.45) is 1.48. The van der Waals surface area contributed by atoms with Crippen LogP contribution < -0.4 is 19.6 Å². The second kappa shape index (κ2) is 8.60. The molecule has 2 heterocycles. The Morgan fingerprint density at radius 1 is 1.00 bits per heavy atom. The normalized spacial score (nSPS) is 13.4. The Bertz CT molecular complexity index is 1380. The summed E-state index contributed by atoms with van der Waals surface area (Å²) in [5, 5.41) is 0.480. The quantitative estimate of drug-likeness (QED) is 0.431. The number of ether oxygens (including phenoxy) is 3. The van der Waals surface area contributed by atoms with E-state index in [2.05, 4.69) is 4.90 Å². The highest BCUT2D eigenvalue weighted by Crippen LogP contribution is 2.35. The zero-order valence-electron chi connectivity index (χ0n) is 18.3. The minimum Gasteiger partial charge on any atom is -0.493 e. The van der Waals surface area contributed by atoms with Crippen LogP contribution in [0.2, 0.25) is 0 Å². The fourth-order valence-electron chi connectivity index (χ4n) is 4.11. The predicted octanol–water partition coefficient (Wildman–Crippen LogP) is 4.97. The number of fused-ring (bicyclic) bond motifs is 3. The highest BCUT2D eigenvalue weighted by Gasteiger charge is 2.23. The lowest BCUT2D eigenvalue weighted by atomic mass is 10.0. The highest BCUT2D eigenvalue weighted by atomic mass is 19.1. The lowest BCUT2D eigenvalue weighted by Gasteiger charge is -2.29. The van der Waals surface area contributed by atoms with E-state index >= 15 is 0 Å². The summed E-state index contributed by atoms with van der Waals surface area (Å²) < 4.78 is 35.8. The molecule has 1 aromatic heterocycles. The molecule has 3 aromatic carbocycles. The summed E-state index contributed by atoms with van der Waals surface area (Å²) >= 11 is 0. The zero-order chi connectivity index (χ0) is 22.9. The van der Waals surface area contributed by atoms with Crippen molar-refractivity contribution in [1.29, 1.82) is 0 Å². The lowest BCUT2D eigenvalue weighted by molar-refractivity contribution is 0.0890. The van der Waals surface area contributed by atoms with Gasteiger partial charge in [-0.2, -0.15) is 0 Å². The molecule has 5 rings (SSSR count). The van der Waals surface area contributed by atoms with Crippen LogP contribution in [0, 0.1) is 5.82 Å². The molecule has 1 aliphatic rings. The fourth-order valence-corrected chi connectivity index (χ4v) is 4.11. The monoisotopic (exact) mass is 447 g/mol. The van der Waals surface area contributed by atoms with Gasteiger partial charge in [-0.15, -0.1) is 0 Å². The van der Waals surface area contributed by atoms with Crippen LogP contribution in [0.3, 0.4) is 0 Å². The number of methoxy groups -OCH3 is 2. The Morgan fingerprint density at radius 2 is 1.79 bits per heavy atom. The van der Waals surface area contributed by atoms with Gasteiger partial charge in [-0.05, 0) is 47.5 Å². The molecule has 0 fully saturated rings. The second-order valence-corrected chi connectivity index (χ2v) is 7.85. The Morgan fingerprint density at radius 3 is 2.55 bits per heavy atom. The lowest BCUT2D eigenvalue weighted by Crippen LogP contribution is -2.31. The molecule has 0 bridgehead atoms. The third-order valence-electron chi connectivity index (χ3n) is 5.80. The first-order chi connectivity index (χ1) is 16.1. The first-order valence-corrected chi connectivity index (χ1v) is 10.5. The maximum absolute atomic E-state index is 13.4. The summed E-state index contributed by atoms with van der Waals surface area (Å²) in [6, 6.07) is 15.2. The molecule has 7 heteroatoms.